The molecule has 3 aromatic rings. The van der Waals surface area contributed by atoms with Crippen LogP contribution in [0.2, 0.25) is 0 Å². The van der Waals surface area contributed by atoms with Gasteiger partial charge in [-0.05, 0) is 85.3 Å². The molecule has 2 amide bonds. The first kappa shape index (κ1) is 20.2. The van der Waals surface area contributed by atoms with Crippen molar-refractivity contribution in [2.24, 2.45) is 0 Å². The molecular weight excluding hydrogens is 398 g/mol. The van der Waals surface area contributed by atoms with Gasteiger partial charge in [-0.15, -0.1) is 0 Å². The van der Waals surface area contributed by atoms with E-state index >= 15 is 0 Å². The standard InChI is InChI=1S/C23H23N3O3S/c1-14-10-18-11-16-4-3-5-17(16)12-20(18)24-23(14)30-13-21(27)25-26-22(28)15-6-8-19(29-2)9-7-15/h6-12H,3-5,13H2,1-2H3,(H,25,27)(H,26,28). The van der Waals surface area contributed by atoms with Gasteiger partial charge < -0.3 is 4.74 Å². The van der Waals surface area contributed by atoms with Gasteiger partial charge in [0.05, 0.1) is 18.4 Å². The number of fused-ring (bicyclic) bond motifs is 2. The lowest BCUT2D eigenvalue weighted by Gasteiger charge is -2.10. The first-order valence-electron chi connectivity index (χ1n) is 9.82. The smallest absolute Gasteiger partial charge is 0.269 e. The largest absolute Gasteiger partial charge is 0.497 e. The van der Waals surface area contributed by atoms with Crippen LogP contribution in [-0.2, 0) is 17.6 Å². The summed E-state index contributed by atoms with van der Waals surface area (Å²) in [4.78, 5) is 29.1. The fourth-order valence-corrected chi connectivity index (χ4v) is 4.38. The average Bonchev–Trinajstić information content (AvgIpc) is 3.21. The highest BCUT2D eigenvalue weighted by atomic mass is 32.2. The number of ether oxygens (including phenoxy) is 1. The Kier molecular flexibility index (Phi) is 5.90. The molecule has 0 saturated carbocycles. The number of benzene rings is 2. The van der Waals surface area contributed by atoms with Crippen LogP contribution in [-0.4, -0.2) is 29.7 Å². The maximum atomic E-state index is 12.2. The second-order valence-corrected chi connectivity index (χ2v) is 8.26. The number of hydrogen-bond acceptors (Lipinski definition) is 5. The topological polar surface area (TPSA) is 80.3 Å². The van der Waals surface area contributed by atoms with E-state index in [4.69, 9.17) is 9.72 Å². The number of carbonyl (C=O) groups excluding carboxylic acids is 2. The molecule has 0 radical (unpaired) electrons. The molecule has 7 heteroatoms. The van der Waals surface area contributed by atoms with Crippen LogP contribution in [0.5, 0.6) is 5.75 Å². The number of hydrazine groups is 1. The molecule has 1 aliphatic rings. The molecule has 0 atom stereocenters. The molecule has 0 fully saturated rings. The first-order chi connectivity index (χ1) is 14.5. The maximum Gasteiger partial charge on any atom is 0.269 e. The molecule has 0 unspecified atom stereocenters. The predicted molar refractivity (Wildman–Crippen MR) is 118 cm³/mol. The Bertz CT molecular complexity index is 1110. The summed E-state index contributed by atoms with van der Waals surface area (Å²) in [6.45, 7) is 2.01. The van der Waals surface area contributed by atoms with Crippen molar-refractivity contribution < 1.29 is 14.3 Å². The van der Waals surface area contributed by atoms with Gasteiger partial charge in [-0.25, -0.2) is 4.98 Å². The van der Waals surface area contributed by atoms with Crippen molar-refractivity contribution in [3.05, 3.63) is 64.7 Å². The fraction of sp³-hybridized carbons (Fsp3) is 0.261. The summed E-state index contributed by atoms with van der Waals surface area (Å²) in [5.41, 5.74) is 10.1. The van der Waals surface area contributed by atoms with Crippen LogP contribution >= 0.6 is 11.8 Å². The Balaban J connectivity index is 1.35. The van der Waals surface area contributed by atoms with Crippen molar-refractivity contribution in [2.45, 2.75) is 31.2 Å². The van der Waals surface area contributed by atoms with Gasteiger partial charge >= 0.3 is 0 Å². The van der Waals surface area contributed by atoms with Gasteiger partial charge in [0.25, 0.3) is 5.91 Å². The van der Waals surface area contributed by atoms with E-state index in [1.54, 1.807) is 31.4 Å². The summed E-state index contributed by atoms with van der Waals surface area (Å²) >= 11 is 1.36. The lowest BCUT2D eigenvalue weighted by molar-refractivity contribution is -0.119. The second-order valence-electron chi connectivity index (χ2n) is 7.30. The van der Waals surface area contributed by atoms with Crippen molar-refractivity contribution >= 4 is 34.5 Å². The molecule has 0 saturated heterocycles. The van der Waals surface area contributed by atoms with Crippen LogP contribution in [0.3, 0.4) is 0 Å². The molecule has 1 aliphatic carbocycles. The third-order valence-corrected chi connectivity index (χ3v) is 6.27. The quantitative estimate of drug-likeness (QED) is 0.486. The van der Waals surface area contributed by atoms with E-state index in [-0.39, 0.29) is 17.6 Å². The Morgan fingerprint density at radius 2 is 1.80 bits per heavy atom. The van der Waals surface area contributed by atoms with Gasteiger partial charge in [0.2, 0.25) is 5.91 Å². The number of hydrogen-bond donors (Lipinski definition) is 2. The highest BCUT2D eigenvalue weighted by Crippen LogP contribution is 2.30. The molecule has 2 N–H and O–H groups in total. The van der Waals surface area contributed by atoms with Gasteiger partial charge in [0.15, 0.2) is 0 Å². The van der Waals surface area contributed by atoms with E-state index in [1.165, 1.54) is 29.3 Å². The van der Waals surface area contributed by atoms with Crippen LogP contribution in [0, 0.1) is 6.92 Å². The Labute approximate surface area is 179 Å². The predicted octanol–water partition coefficient (Wildman–Crippen LogP) is 3.59. The Hall–Kier alpha value is -3.06. The molecule has 0 aliphatic heterocycles. The van der Waals surface area contributed by atoms with Crippen LogP contribution in [0.4, 0.5) is 0 Å². The summed E-state index contributed by atoms with van der Waals surface area (Å²) in [7, 11) is 1.56. The number of rotatable bonds is 5. The number of methoxy groups -OCH3 is 1. The van der Waals surface area contributed by atoms with Crippen LogP contribution in [0.1, 0.15) is 33.5 Å². The van der Waals surface area contributed by atoms with E-state index in [0.717, 1.165) is 34.3 Å². The zero-order chi connectivity index (χ0) is 21.1. The van der Waals surface area contributed by atoms with Gasteiger partial charge in [0, 0.05) is 10.9 Å². The minimum Gasteiger partial charge on any atom is -0.497 e. The molecule has 6 nitrogen and oxygen atoms in total. The van der Waals surface area contributed by atoms with Crippen molar-refractivity contribution in [1.29, 1.82) is 0 Å². The Morgan fingerprint density at radius 1 is 1.07 bits per heavy atom. The monoisotopic (exact) mass is 421 g/mol. The number of aryl methyl sites for hydroxylation is 3. The normalized spacial score (nSPS) is 12.5. The molecular formula is C23H23N3O3S. The van der Waals surface area contributed by atoms with Crippen molar-refractivity contribution in [3.8, 4) is 5.75 Å². The van der Waals surface area contributed by atoms with Crippen LogP contribution in [0.15, 0.2) is 47.5 Å². The molecule has 2 aromatic carbocycles. The molecule has 1 aromatic heterocycles. The number of pyridine rings is 1. The van der Waals surface area contributed by atoms with E-state index in [1.807, 2.05) is 6.92 Å². The molecule has 30 heavy (non-hydrogen) atoms. The minimum atomic E-state index is -0.384. The van der Waals surface area contributed by atoms with Gasteiger partial charge in [-0.2, -0.15) is 0 Å². The molecule has 4 rings (SSSR count). The molecule has 0 bridgehead atoms. The summed E-state index contributed by atoms with van der Waals surface area (Å²) < 4.78 is 5.07. The Morgan fingerprint density at radius 3 is 2.53 bits per heavy atom. The molecule has 1 heterocycles. The van der Waals surface area contributed by atoms with Crippen molar-refractivity contribution in [1.82, 2.24) is 15.8 Å². The first-order valence-corrected chi connectivity index (χ1v) is 10.8. The summed E-state index contributed by atoms with van der Waals surface area (Å²) in [5, 5.41) is 1.98. The average molecular weight is 422 g/mol. The SMILES string of the molecule is COc1ccc(C(=O)NNC(=O)CSc2nc3cc4c(cc3cc2C)CCC4)cc1. The maximum absolute atomic E-state index is 12.2. The lowest BCUT2D eigenvalue weighted by Crippen LogP contribution is -2.42. The number of nitrogens with one attached hydrogen (secondary N) is 2. The van der Waals surface area contributed by atoms with E-state index in [0.29, 0.717) is 11.3 Å². The number of nitrogens with zero attached hydrogens (tertiary/aromatic N) is 1. The molecule has 0 spiro atoms. The number of aromatic nitrogens is 1. The minimum absolute atomic E-state index is 0.160. The zero-order valence-electron chi connectivity index (χ0n) is 17.0. The van der Waals surface area contributed by atoms with Gasteiger partial charge in [-0.1, -0.05) is 11.8 Å². The number of thioether (sulfide) groups is 1. The van der Waals surface area contributed by atoms with E-state index in [9.17, 15) is 9.59 Å². The van der Waals surface area contributed by atoms with Crippen LogP contribution < -0.4 is 15.6 Å². The lowest BCUT2D eigenvalue weighted by atomic mass is 10.1. The van der Waals surface area contributed by atoms with Gasteiger partial charge in [0.1, 0.15) is 10.8 Å². The summed E-state index contributed by atoms with van der Waals surface area (Å²) in [5.74, 6) is 0.143. The van der Waals surface area contributed by atoms with Crippen molar-refractivity contribution in [2.75, 3.05) is 12.9 Å². The van der Waals surface area contributed by atoms with E-state index < -0.39 is 0 Å². The summed E-state index contributed by atoms with van der Waals surface area (Å²) in [6.07, 6.45) is 3.46. The summed E-state index contributed by atoms with van der Waals surface area (Å²) in [6, 6.07) is 13.2. The van der Waals surface area contributed by atoms with Gasteiger partial charge in [-0.3, -0.25) is 20.4 Å². The number of carbonyl (C=O) groups is 2. The van der Waals surface area contributed by atoms with Crippen molar-refractivity contribution in [3.63, 3.8) is 0 Å². The highest BCUT2D eigenvalue weighted by molar-refractivity contribution is 7.99. The second kappa shape index (κ2) is 8.75. The molecule has 154 valence electrons. The van der Waals surface area contributed by atoms with E-state index in [2.05, 4.69) is 29.1 Å². The number of amides is 2. The van der Waals surface area contributed by atoms with Crippen LogP contribution in [0.25, 0.3) is 10.9 Å². The third-order valence-electron chi connectivity index (χ3n) is 5.18. The zero-order valence-corrected chi connectivity index (χ0v) is 17.8. The highest BCUT2D eigenvalue weighted by Gasteiger charge is 2.14. The fourth-order valence-electron chi connectivity index (χ4n) is 3.59. The third kappa shape index (κ3) is 4.41.